The summed E-state index contributed by atoms with van der Waals surface area (Å²) in [5, 5.41) is 4.91. The smallest absolute Gasteiger partial charge is 0.0708 e. The molecule has 0 aliphatic rings. The predicted octanol–water partition coefficient (Wildman–Crippen LogP) is 9.45. The highest BCUT2D eigenvalue weighted by atomic mass is 14.7. The van der Waals surface area contributed by atoms with E-state index in [1.807, 2.05) is 24.5 Å². The molecule has 7 rings (SSSR count). The average Bonchev–Trinajstić information content (AvgIpc) is 3.01. The van der Waals surface area contributed by atoms with Gasteiger partial charge >= 0.3 is 0 Å². The van der Waals surface area contributed by atoms with Gasteiger partial charge in [-0.1, -0.05) is 109 Å². The summed E-state index contributed by atoms with van der Waals surface area (Å²) in [4.78, 5) is 9.38. The van der Waals surface area contributed by atoms with E-state index < -0.39 is 0 Å². The van der Waals surface area contributed by atoms with Crippen molar-refractivity contribution in [2.45, 2.75) is 0 Å². The van der Waals surface area contributed by atoms with E-state index in [9.17, 15) is 0 Å². The third-order valence-electron chi connectivity index (χ3n) is 7.17. The van der Waals surface area contributed by atoms with E-state index in [1.165, 1.54) is 32.7 Å². The van der Waals surface area contributed by atoms with Crippen LogP contribution in [0.5, 0.6) is 0 Å². The van der Waals surface area contributed by atoms with Crippen LogP contribution in [0.25, 0.3) is 66.3 Å². The molecule has 0 aliphatic heterocycles. The maximum Gasteiger partial charge on any atom is 0.0708 e. The summed E-state index contributed by atoms with van der Waals surface area (Å²) in [6.07, 6.45) is 3.84. The van der Waals surface area contributed by atoms with Crippen molar-refractivity contribution in [2.24, 2.45) is 0 Å². The average molecular weight is 485 g/mol. The van der Waals surface area contributed by atoms with Crippen molar-refractivity contribution in [3.8, 4) is 44.8 Å². The van der Waals surface area contributed by atoms with Gasteiger partial charge < -0.3 is 0 Å². The Bertz CT molecular complexity index is 1710. The Kier molecular flexibility index (Phi) is 5.49. The SMILES string of the molecule is c1ccc(-c2cc(-c3c4ccccc4c(-c4ccnc(-c5ccccc5)c4)c4ccccc34)ccn2)cc1. The number of benzene rings is 5. The van der Waals surface area contributed by atoms with Crippen LogP contribution in [-0.2, 0) is 0 Å². The third-order valence-corrected chi connectivity index (χ3v) is 7.17. The molecule has 0 spiro atoms. The Hall–Kier alpha value is -5.08. The lowest BCUT2D eigenvalue weighted by atomic mass is 9.86. The molecule has 5 aromatic carbocycles. The van der Waals surface area contributed by atoms with Gasteiger partial charge in [0.25, 0.3) is 0 Å². The molecule has 0 saturated heterocycles. The molecule has 0 fully saturated rings. The van der Waals surface area contributed by atoms with E-state index in [2.05, 4.69) is 121 Å². The molecule has 0 amide bonds. The second kappa shape index (κ2) is 9.42. The van der Waals surface area contributed by atoms with Gasteiger partial charge in [-0.25, -0.2) is 0 Å². The molecule has 2 aromatic heterocycles. The van der Waals surface area contributed by atoms with Crippen LogP contribution in [0.15, 0.2) is 146 Å². The first kappa shape index (κ1) is 22.1. The molecule has 0 bridgehead atoms. The maximum atomic E-state index is 4.69. The summed E-state index contributed by atoms with van der Waals surface area (Å²) in [7, 11) is 0. The fraction of sp³-hybridized carbons (Fsp3) is 0. The topological polar surface area (TPSA) is 25.8 Å². The van der Waals surface area contributed by atoms with Crippen molar-refractivity contribution >= 4 is 21.5 Å². The van der Waals surface area contributed by atoms with Gasteiger partial charge in [0.1, 0.15) is 0 Å². The Morgan fingerprint density at radius 3 is 1.03 bits per heavy atom. The number of hydrogen-bond donors (Lipinski definition) is 0. The van der Waals surface area contributed by atoms with E-state index in [4.69, 9.17) is 9.97 Å². The van der Waals surface area contributed by atoms with Crippen LogP contribution in [0.3, 0.4) is 0 Å². The van der Waals surface area contributed by atoms with Crippen LogP contribution in [0.1, 0.15) is 0 Å². The lowest BCUT2D eigenvalue weighted by Crippen LogP contribution is -1.93. The molecule has 2 heteroatoms. The van der Waals surface area contributed by atoms with Gasteiger partial charge in [-0.15, -0.1) is 0 Å². The normalized spacial score (nSPS) is 11.2. The molecule has 0 N–H and O–H groups in total. The molecule has 0 atom stereocenters. The first-order valence-corrected chi connectivity index (χ1v) is 12.8. The van der Waals surface area contributed by atoms with Crippen molar-refractivity contribution in [2.75, 3.05) is 0 Å². The Balaban J connectivity index is 1.51. The predicted molar refractivity (Wildman–Crippen MR) is 159 cm³/mol. The number of rotatable bonds is 4. The van der Waals surface area contributed by atoms with E-state index >= 15 is 0 Å². The van der Waals surface area contributed by atoms with Crippen molar-refractivity contribution in [3.05, 3.63) is 146 Å². The molecule has 7 aromatic rings. The second-order valence-corrected chi connectivity index (χ2v) is 9.43. The number of fused-ring (bicyclic) bond motifs is 2. The summed E-state index contributed by atoms with van der Waals surface area (Å²) in [5.41, 5.74) is 8.97. The molecule has 2 nitrogen and oxygen atoms in total. The first-order valence-electron chi connectivity index (χ1n) is 12.8. The highest BCUT2D eigenvalue weighted by Crippen LogP contribution is 2.44. The highest BCUT2D eigenvalue weighted by Gasteiger charge is 2.17. The summed E-state index contributed by atoms with van der Waals surface area (Å²) in [6.45, 7) is 0. The van der Waals surface area contributed by atoms with E-state index in [0.717, 1.165) is 33.6 Å². The fourth-order valence-corrected chi connectivity index (χ4v) is 5.46. The minimum atomic E-state index is 0.974. The van der Waals surface area contributed by atoms with Gasteiger partial charge in [-0.05, 0) is 68.1 Å². The number of pyridine rings is 2. The minimum Gasteiger partial charge on any atom is -0.256 e. The zero-order valence-electron chi connectivity index (χ0n) is 20.8. The summed E-state index contributed by atoms with van der Waals surface area (Å²) in [6, 6.07) is 46.9. The Morgan fingerprint density at radius 2 is 0.658 bits per heavy atom. The van der Waals surface area contributed by atoms with Crippen molar-refractivity contribution in [1.29, 1.82) is 0 Å². The zero-order chi connectivity index (χ0) is 25.3. The lowest BCUT2D eigenvalue weighted by Gasteiger charge is -2.18. The van der Waals surface area contributed by atoms with Crippen LogP contribution in [-0.4, -0.2) is 9.97 Å². The van der Waals surface area contributed by atoms with Gasteiger partial charge in [0.05, 0.1) is 11.4 Å². The Morgan fingerprint density at radius 1 is 0.316 bits per heavy atom. The second-order valence-electron chi connectivity index (χ2n) is 9.43. The molecule has 38 heavy (non-hydrogen) atoms. The van der Waals surface area contributed by atoms with Crippen LogP contribution in [0, 0.1) is 0 Å². The molecule has 2 heterocycles. The fourth-order valence-electron chi connectivity index (χ4n) is 5.46. The summed E-state index contributed by atoms with van der Waals surface area (Å²) < 4.78 is 0. The summed E-state index contributed by atoms with van der Waals surface area (Å²) in [5.74, 6) is 0. The van der Waals surface area contributed by atoms with Crippen LogP contribution >= 0.6 is 0 Å². The molecule has 0 aliphatic carbocycles. The summed E-state index contributed by atoms with van der Waals surface area (Å²) >= 11 is 0. The minimum absolute atomic E-state index is 0.974. The standard InChI is InChI=1S/C36H24N2/c1-3-11-25(12-4-1)33-23-27(19-21-37-33)35-29-15-7-9-17-31(29)36(32-18-10-8-16-30(32)35)28-20-22-38-34(24-28)26-13-5-2-6-14-26/h1-24H. The van der Waals surface area contributed by atoms with E-state index in [0.29, 0.717) is 0 Å². The zero-order valence-corrected chi connectivity index (χ0v) is 20.8. The van der Waals surface area contributed by atoms with Crippen LogP contribution < -0.4 is 0 Å². The van der Waals surface area contributed by atoms with Crippen LogP contribution in [0.2, 0.25) is 0 Å². The van der Waals surface area contributed by atoms with Crippen molar-refractivity contribution < 1.29 is 0 Å². The molecule has 0 saturated carbocycles. The maximum absolute atomic E-state index is 4.69. The quantitative estimate of drug-likeness (QED) is 0.233. The van der Waals surface area contributed by atoms with Gasteiger partial charge in [0, 0.05) is 23.5 Å². The molecule has 0 radical (unpaired) electrons. The van der Waals surface area contributed by atoms with Crippen LogP contribution in [0.4, 0.5) is 0 Å². The first-order chi connectivity index (χ1) is 18.9. The molecule has 0 unspecified atom stereocenters. The third kappa shape index (κ3) is 3.84. The van der Waals surface area contributed by atoms with E-state index in [-0.39, 0.29) is 0 Å². The number of nitrogens with zero attached hydrogens (tertiary/aromatic N) is 2. The van der Waals surface area contributed by atoms with Gasteiger partial charge in [-0.3, -0.25) is 9.97 Å². The number of aromatic nitrogens is 2. The van der Waals surface area contributed by atoms with Crippen molar-refractivity contribution in [1.82, 2.24) is 9.97 Å². The van der Waals surface area contributed by atoms with Gasteiger partial charge in [0.2, 0.25) is 0 Å². The Labute approximate surface area is 221 Å². The molecular weight excluding hydrogens is 460 g/mol. The van der Waals surface area contributed by atoms with Gasteiger partial charge in [0.15, 0.2) is 0 Å². The van der Waals surface area contributed by atoms with Gasteiger partial charge in [-0.2, -0.15) is 0 Å². The lowest BCUT2D eigenvalue weighted by molar-refractivity contribution is 1.33. The van der Waals surface area contributed by atoms with Crippen molar-refractivity contribution in [3.63, 3.8) is 0 Å². The monoisotopic (exact) mass is 484 g/mol. The van der Waals surface area contributed by atoms with E-state index in [1.54, 1.807) is 0 Å². The largest absolute Gasteiger partial charge is 0.256 e. The highest BCUT2D eigenvalue weighted by molar-refractivity contribution is 6.21. The molecule has 178 valence electrons. The molecular formula is C36H24N2. The number of hydrogen-bond acceptors (Lipinski definition) is 2.